The molecule has 0 saturated heterocycles. The topological polar surface area (TPSA) is 36.7 Å². The van der Waals surface area contributed by atoms with Crippen LogP contribution in [-0.4, -0.2) is 4.98 Å². The van der Waals surface area contributed by atoms with E-state index in [-0.39, 0.29) is 15.7 Å². The van der Waals surface area contributed by atoms with Crippen LogP contribution in [0.25, 0.3) is 10.9 Å². The molecule has 0 bridgehead atoms. The summed E-state index contributed by atoms with van der Waals surface area (Å²) in [4.78, 5) is 4.02. The van der Waals surface area contributed by atoms with Gasteiger partial charge in [-0.25, -0.2) is 4.98 Å². The Morgan fingerprint density at radius 3 is 2.44 bits per heavy atom. The van der Waals surface area contributed by atoms with E-state index < -0.39 is 0 Å². The average Bonchev–Trinajstić information content (AvgIpc) is 2.21. The van der Waals surface area contributed by atoms with Gasteiger partial charge >= 0.3 is 0 Å². The minimum atomic E-state index is 0.0317. The molecule has 0 aliphatic carbocycles. The molecule has 0 amide bonds. The van der Waals surface area contributed by atoms with E-state index in [0.29, 0.717) is 20.9 Å². The third-order valence-electron chi connectivity index (χ3n) is 2.01. The molecule has 1 aromatic carbocycles. The zero-order valence-corrected chi connectivity index (χ0v) is 10.6. The van der Waals surface area contributed by atoms with Gasteiger partial charge in [-0.2, -0.15) is 5.26 Å². The second kappa shape index (κ2) is 4.27. The monoisotopic (exact) mass is 290 g/mol. The Morgan fingerprint density at radius 2 is 1.81 bits per heavy atom. The predicted molar refractivity (Wildman–Crippen MR) is 66.5 cm³/mol. The maximum Gasteiger partial charge on any atom is 0.149 e. The molecule has 1 aromatic heterocycles. The highest BCUT2D eigenvalue weighted by Gasteiger charge is 2.14. The van der Waals surface area contributed by atoms with Crippen LogP contribution in [0.15, 0.2) is 12.1 Å². The van der Waals surface area contributed by atoms with Gasteiger partial charge < -0.3 is 0 Å². The summed E-state index contributed by atoms with van der Waals surface area (Å²) in [6, 6.07) is 5.01. The first-order valence-corrected chi connectivity index (χ1v) is 5.59. The zero-order chi connectivity index (χ0) is 11.9. The highest BCUT2D eigenvalue weighted by Crippen LogP contribution is 2.35. The van der Waals surface area contributed by atoms with Gasteiger partial charge in [0.25, 0.3) is 0 Å². The van der Waals surface area contributed by atoms with E-state index in [4.69, 9.17) is 51.7 Å². The summed E-state index contributed by atoms with van der Waals surface area (Å²) in [7, 11) is 0. The van der Waals surface area contributed by atoms with Gasteiger partial charge in [0.1, 0.15) is 16.8 Å². The maximum atomic E-state index is 8.87. The minimum absolute atomic E-state index is 0.0317. The quantitative estimate of drug-likeness (QED) is 0.659. The molecule has 0 radical (unpaired) electrons. The van der Waals surface area contributed by atoms with Crippen LogP contribution >= 0.6 is 46.4 Å². The molecule has 0 N–H and O–H groups in total. The second-order valence-electron chi connectivity index (χ2n) is 2.99. The second-order valence-corrected chi connectivity index (χ2v) is 4.57. The number of hydrogen-bond donors (Lipinski definition) is 0. The van der Waals surface area contributed by atoms with Crippen molar-refractivity contribution in [1.29, 1.82) is 5.26 Å². The number of pyridine rings is 1. The summed E-state index contributed by atoms with van der Waals surface area (Å²) in [6.45, 7) is 0. The molecule has 0 saturated carbocycles. The maximum absolute atomic E-state index is 8.87. The fraction of sp³-hybridized carbons (Fsp3) is 0. The first-order valence-electron chi connectivity index (χ1n) is 4.08. The summed E-state index contributed by atoms with van der Waals surface area (Å²) < 4.78 is 0. The normalized spacial score (nSPS) is 10.4. The lowest BCUT2D eigenvalue weighted by Gasteiger charge is -2.06. The SMILES string of the molecule is N#Cc1c(Cl)nc2c(Cl)cc(Cl)cc2c1Cl. The smallest absolute Gasteiger partial charge is 0.149 e. The molecular weight excluding hydrogens is 290 g/mol. The standard InChI is InChI=1S/C10H2Cl4N2/c11-4-1-5-8(13)6(3-15)10(14)16-9(5)7(12)2-4/h1-2H. The molecule has 2 aromatic rings. The van der Waals surface area contributed by atoms with Crippen molar-refractivity contribution in [2.24, 2.45) is 0 Å². The van der Waals surface area contributed by atoms with Crippen LogP contribution in [0.3, 0.4) is 0 Å². The van der Waals surface area contributed by atoms with Gasteiger partial charge in [0.05, 0.1) is 15.6 Å². The van der Waals surface area contributed by atoms with Crippen molar-refractivity contribution in [3.8, 4) is 6.07 Å². The van der Waals surface area contributed by atoms with Gasteiger partial charge in [0.2, 0.25) is 0 Å². The van der Waals surface area contributed by atoms with Crippen molar-refractivity contribution in [2.75, 3.05) is 0 Å². The number of benzene rings is 1. The fourth-order valence-electron chi connectivity index (χ4n) is 1.32. The summed E-state index contributed by atoms with van der Waals surface area (Å²) >= 11 is 23.6. The first-order chi connectivity index (χ1) is 7.54. The zero-order valence-electron chi connectivity index (χ0n) is 7.56. The molecule has 0 spiro atoms. The molecule has 0 fully saturated rings. The van der Waals surface area contributed by atoms with Crippen LogP contribution < -0.4 is 0 Å². The van der Waals surface area contributed by atoms with E-state index in [2.05, 4.69) is 4.98 Å². The Labute approximate surface area is 111 Å². The van der Waals surface area contributed by atoms with E-state index >= 15 is 0 Å². The summed E-state index contributed by atoms with van der Waals surface area (Å²) in [5, 5.41) is 10.4. The van der Waals surface area contributed by atoms with E-state index in [9.17, 15) is 0 Å². The molecule has 0 aliphatic heterocycles. The van der Waals surface area contributed by atoms with Gasteiger partial charge in [0, 0.05) is 10.4 Å². The van der Waals surface area contributed by atoms with Gasteiger partial charge in [0.15, 0.2) is 0 Å². The first kappa shape index (κ1) is 11.8. The molecule has 6 heteroatoms. The van der Waals surface area contributed by atoms with Crippen LogP contribution in [0.5, 0.6) is 0 Å². The molecule has 16 heavy (non-hydrogen) atoms. The van der Waals surface area contributed by atoms with Crippen LogP contribution in [0.4, 0.5) is 0 Å². The van der Waals surface area contributed by atoms with E-state index in [1.807, 2.05) is 6.07 Å². The van der Waals surface area contributed by atoms with Crippen LogP contribution in [0.2, 0.25) is 20.2 Å². The molecule has 2 nitrogen and oxygen atoms in total. The number of fused-ring (bicyclic) bond motifs is 1. The Hall–Kier alpha value is -0.720. The Bertz CT molecular complexity index is 631. The molecule has 2 rings (SSSR count). The largest absolute Gasteiger partial charge is 0.233 e. The van der Waals surface area contributed by atoms with E-state index in [0.717, 1.165) is 0 Å². The van der Waals surface area contributed by atoms with Crippen molar-refractivity contribution < 1.29 is 0 Å². The summed E-state index contributed by atoms with van der Waals surface area (Å²) in [5.74, 6) is 0. The Balaban J connectivity index is 3.00. The van der Waals surface area contributed by atoms with Gasteiger partial charge in [-0.15, -0.1) is 0 Å². The minimum Gasteiger partial charge on any atom is -0.233 e. The summed E-state index contributed by atoms with van der Waals surface area (Å²) in [6.07, 6.45) is 0. The number of hydrogen-bond acceptors (Lipinski definition) is 2. The summed E-state index contributed by atoms with van der Waals surface area (Å²) in [5.41, 5.74) is 0.550. The fourth-order valence-corrected chi connectivity index (χ4v) is 2.40. The van der Waals surface area contributed by atoms with Crippen LogP contribution in [0.1, 0.15) is 5.56 Å². The number of halogens is 4. The van der Waals surface area contributed by atoms with Gasteiger partial charge in [-0.1, -0.05) is 46.4 Å². The molecule has 0 aliphatic rings. The van der Waals surface area contributed by atoms with Gasteiger partial charge in [-0.3, -0.25) is 0 Å². The van der Waals surface area contributed by atoms with Crippen molar-refractivity contribution >= 4 is 57.3 Å². The average molecular weight is 292 g/mol. The Morgan fingerprint density at radius 1 is 1.12 bits per heavy atom. The highest BCUT2D eigenvalue weighted by molar-refractivity contribution is 6.43. The third kappa shape index (κ3) is 1.81. The molecule has 1 heterocycles. The van der Waals surface area contributed by atoms with Gasteiger partial charge in [-0.05, 0) is 12.1 Å². The number of rotatable bonds is 0. The number of aromatic nitrogens is 1. The van der Waals surface area contributed by atoms with Crippen molar-refractivity contribution in [3.05, 3.63) is 37.9 Å². The van der Waals surface area contributed by atoms with Crippen molar-refractivity contribution in [1.82, 2.24) is 4.98 Å². The van der Waals surface area contributed by atoms with Crippen molar-refractivity contribution in [3.63, 3.8) is 0 Å². The Kier molecular flexibility index (Phi) is 3.14. The van der Waals surface area contributed by atoms with Crippen LogP contribution in [-0.2, 0) is 0 Å². The molecule has 80 valence electrons. The number of nitriles is 1. The van der Waals surface area contributed by atoms with E-state index in [1.54, 1.807) is 6.07 Å². The molecular formula is C10H2Cl4N2. The predicted octanol–water partition coefficient (Wildman–Crippen LogP) is 4.72. The highest BCUT2D eigenvalue weighted by atomic mass is 35.5. The van der Waals surface area contributed by atoms with Crippen molar-refractivity contribution in [2.45, 2.75) is 0 Å². The molecule has 0 unspecified atom stereocenters. The molecule has 0 atom stereocenters. The number of nitrogens with zero attached hydrogens (tertiary/aromatic N) is 2. The lowest BCUT2D eigenvalue weighted by atomic mass is 10.1. The van der Waals surface area contributed by atoms with Crippen LogP contribution in [0, 0.1) is 11.3 Å². The lowest BCUT2D eigenvalue weighted by molar-refractivity contribution is 1.37. The van der Waals surface area contributed by atoms with E-state index in [1.165, 1.54) is 6.07 Å². The third-order valence-corrected chi connectivity index (χ3v) is 3.18. The lowest BCUT2D eigenvalue weighted by Crippen LogP contribution is -1.89.